The molecule has 2 saturated heterocycles. The van der Waals surface area contributed by atoms with E-state index in [2.05, 4.69) is 17.0 Å². The topological polar surface area (TPSA) is 66.2 Å². The first-order valence-corrected chi connectivity index (χ1v) is 8.63. The van der Waals surface area contributed by atoms with E-state index < -0.39 is 11.0 Å². The highest BCUT2D eigenvalue weighted by atomic mass is 16.6. The Morgan fingerprint density at radius 1 is 1.36 bits per heavy atom. The number of terminal acetylenes is 1. The molecule has 2 unspecified atom stereocenters. The van der Waals surface area contributed by atoms with Crippen molar-refractivity contribution >= 4 is 6.09 Å². The van der Waals surface area contributed by atoms with Crippen LogP contribution in [0.25, 0.3) is 0 Å². The lowest BCUT2D eigenvalue weighted by Crippen LogP contribution is -2.52. The number of fused-ring (bicyclic) bond motifs is 2. The lowest BCUT2D eigenvalue weighted by atomic mass is 9.71. The van der Waals surface area contributed by atoms with Crippen LogP contribution >= 0.6 is 0 Å². The van der Waals surface area contributed by atoms with Crippen molar-refractivity contribution in [2.45, 2.75) is 69.6 Å². The number of pyridine rings is 1. The van der Waals surface area contributed by atoms with E-state index in [1.165, 1.54) is 0 Å². The van der Waals surface area contributed by atoms with Gasteiger partial charge in [0.2, 0.25) is 0 Å². The summed E-state index contributed by atoms with van der Waals surface area (Å²) in [5, 5.41) is 9.97. The Bertz CT molecular complexity index is 752. The number of hydrogen-bond donors (Lipinski definition) is 0. The number of carbonyl (C=O) groups excluding carboxylic acids is 1. The van der Waals surface area contributed by atoms with Crippen LogP contribution < -0.4 is 0 Å². The molecule has 5 heteroatoms. The van der Waals surface area contributed by atoms with E-state index >= 15 is 0 Å². The molecule has 2 bridgehead atoms. The second-order valence-electron chi connectivity index (χ2n) is 7.98. The molecule has 1 aromatic heterocycles. The summed E-state index contributed by atoms with van der Waals surface area (Å²) in [6.45, 7) is 5.61. The SMILES string of the molecule is C#Cc1cncc(C2(C#N)CC3CCC(C2)N3C(=O)OC(C)(C)C)c1. The number of hydrogen-bond acceptors (Lipinski definition) is 4. The maximum absolute atomic E-state index is 12.6. The molecule has 0 radical (unpaired) electrons. The molecule has 0 N–H and O–H groups in total. The van der Waals surface area contributed by atoms with Crippen molar-refractivity contribution in [3.63, 3.8) is 0 Å². The van der Waals surface area contributed by atoms with Crippen molar-refractivity contribution in [1.82, 2.24) is 9.88 Å². The predicted octanol–water partition coefficient (Wildman–Crippen LogP) is 3.39. The minimum absolute atomic E-state index is 0.0164. The minimum Gasteiger partial charge on any atom is -0.444 e. The van der Waals surface area contributed by atoms with E-state index in [4.69, 9.17) is 11.2 Å². The molecule has 5 nitrogen and oxygen atoms in total. The van der Waals surface area contributed by atoms with Crippen molar-refractivity contribution < 1.29 is 9.53 Å². The largest absolute Gasteiger partial charge is 0.444 e. The maximum Gasteiger partial charge on any atom is 0.410 e. The van der Waals surface area contributed by atoms with Gasteiger partial charge in [0.15, 0.2) is 0 Å². The Balaban J connectivity index is 1.88. The molecule has 2 aliphatic rings. The molecule has 3 rings (SSSR count). The van der Waals surface area contributed by atoms with Gasteiger partial charge in [-0.2, -0.15) is 5.26 Å². The first-order chi connectivity index (χ1) is 11.8. The van der Waals surface area contributed by atoms with Gasteiger partial charge < -0.3 is 9.64 Å². The van der Waals surface area contributed by atoms with Crippen LogP contribution in [0.5, 0.6) is 0 Å². The second kappa shape index (κ2) is 6.08. The molecule has 25 heavy (non-hydrogen) atoms. The van der Waals surface area contributed by atoms with Crippen molar-refractivity contribution in [3.8, 4) is 18.4 Å². The first-order valence-electron chi connectivity index (χ1n) is 8.63. The number of piperidine rings is 1. The van der Waals surface area contributed by atoms with Gasteiger partial charge in [-0.3, -0.25) is 4.98 Å². The summed E-state index contributed by atoms with van der Waals surface area (Å²) in [5.74, 6) is 2.58. The monoisotopic (exact) mass is 337 g/mol. The Hall–Kier alpha value is -2.53. The molecule has 0 aliphatic carbocycles. The molecular formula is C20H23N3O2. The van der Waals surface area contributed by atoms with Gasteiger partial charge in [-0.15, -0.1) is 6.42 Å². The highest BCUT2D eigenvalue weighted by Gasteiger charge is 2.52. The molecule has 3 heterocycles. The Labute approximate surface area is 149 Å². The average molecular weight is 337 g/mol. The van der Waals surface area contributed by atoms with E-state index in [9.17, 15) is 10.1 Å². The molecule has 130 valence electrons. The fourth-order valence-electron chi connectivity index (χ4n) is 4.03. The van der Waals surface area contributed by atoms with Crippen LogP contribution in [0.15, 0.2) is 18.5 Å². The zero-order valence-electron chi connectivity index (χ0n) is 15.0. The molecule has 0 spiro atoms. The Morgan fingerprint density at radius 2 is 2.00 bits per heavy atom. The third kappa shape index (κ3) is 3.20. The summed E-state index contributed by atoms with van der Waals surface area (Å²) < 4.78 is 5.57. The molecule has 2 fully saturated rings. The van der Waals surface area contributed by atoms with Crippen molar-refractivity contribution in [3.05, 3.63) is 29.6 Å². The van der Waals surface area contributed by atoms with Gasteiger partial charge in [0.05, 0.1) is 11.5 Å². The van der Waals surface area contributed by atoms with Gasteiger partial charge in [0.25, 0.3) is 0 Å². The predicted molar refractivity (Wildman–Crippen MR) is 93.6 cm³/mol. The van der Waals surface area contributed by atoms with E-state index in [1.54, 1.807) is 12.4 Å². The van der Waals surface area contributed by atoms with Gasteiger partial charge in [0.1, 0.15) is 5.60 Å². The fraction of sp³-hybridized carbons (Fsp3) is 0.550. The third-order valence-corrected chi connectivity index (χ3v) is 5.06. The quantitative estimate of drug-likeness (QED) is 0.737. The third-order valence-electron chi connectivity index (χ3n) is 5.06. The first kappa shape index (κ1) is 17.3. The molecular weight excluding hydrogens is 314 g/mol. The lowest BCUT2D eigenvalue weighted by molar-refractivity contribution is 0.00232. The summed E-state index contributed by atoms with van der Waals surface area (Å²) in [6, 6.07) is 4.41. The number of amides is 1. The lowest BCUT2D eigenvalue weighted by Gasteiger charge is -2.43. The fourth-order valence-corrected chi connectivity index (χ4v) is 4.03. The standard InChI is InChI=1S/C20H23N3O2/c1-5-14-8-15(12-22-11-14)20(13-21)9-16-6-7-17(10-20)23(16)18(24)25-19(2,3)4/h1,8,11-12,16-17H,6-7,9-10H2,2-4H3. The number of ether oxygens (including phenoxy) is 1. The average Bonchev–Trinajstić information content (AvgIpc) is 2.85. The molecule has 2 aliphatic heterocycles. The smallest absolute Gasteiger partial charge is 0.410 e. The summed E-state index contributed by atoms with van der Waals surface area (Å²) in [5.41, 5.74) is 0.357. The summed E-state index contributed by atoms with van der Waals surface area (Å²) in [6.07, 6.45) is 11.5. The summed E-state index contributed by atoms with van der Waals surface area (Å²) in [7, 11) is 0. The van der Waals surface area contributed by atoms with Gasteiger partial charge in [-0.05, 0) is 58.1 Å². The van der Waals surface area contributed by atoms with Crippen LogP contribution in [0, 0.1) is 23.7 Å². The van der Waals surface area contributed by atoms with Crippen molar-refractivity contribution in [2.75, 3.05) is 0 Å². The van der Waals surface area contributed by atoms with Gasteiger partial charge in [0, 0.05) is 30.0 Å². The Morgan fingerprint density at radius 3 is 2.52 bits per heavy atom. The normalized spacial score (nSPS) is 28.1. The van der Waals surface area contributed by atoms with Crippen LogP contribution in [0.4, 0.5) is 4.79 Å². The van der Waals surface area contributed by atoms with E-state index in [0.29, 0.717) is 18.4 Å². The van der Waals surface area contributed by atoms with Gasteiger partial charge in [-0.1, -0.05) is 5.92 Å². The number of nitrogens with zero attached hydrogens (tertiary/aromatic N) is 3. The number of aromatic nitrogens is 1. The van der Waals surface area contributed by atoms with E-state index in [-0.39, 0.29) is 18.2 Å². The number of rotatable bonds is 1. The number of nitriles is 1. The van der Waals surface area contributed by atoms with E-state index in [1.807, 2.05) is 31.7 Å². The van der Waals surface area contributed by atoms with Crippen LogP contribution in [0.2, 0.25) is 0 Å². The van der Waals surface area contributed by atoms with Crippen LogP contribution in [-0.4, -0.2) is 33.7 Å². The molecule has 0 saturated carbocycles. The molecule has 1 amide bonds. The highest BCUT2D eigenvalue weighted by molar-refractivity contribution is 5.70. The zero-order valence-corrected chi connectivity index (χ0v) is 15.0. The second-order valence-corrected chi connectivity index (χ2v) is 7.98. The zero-order chi connectivity index (χ0) is 18.2. The van der Waals surface area contributed by atoms with Crippen molar-refractivity contribution in [1.29, 1.82) is 5.26 Å². The van der Waals surface area contributed by atoms with Crippen LogP contribution in [0.1, 0.15) is 57.6 Å². The molecule has 1 aromatic rings. The van der Waals surface area contributed by atoms with Crippen LogP contribution in [0.3, 0.4) is 0 Å². The highest BCUT2D eigenvalue weighted by Crippen LogP contribution is 2.47. The van der Waals surface area contributed by atoms with E-state index in [0.717, 1.165) is 18.4 Å². The Kier molecular flexibility index (Phi) is 4.21. The number of carbonyl (C=O) groups is 1. The minimum atomic E-state index is -0.649. The maximum atomic E-state index is 12.6. The van der Waals surface area contributed by atoms with Gasteiger partial charge >= 0.3 is 6.09 Å². The summed E-state index contributed by atoms with van der Waals surface area (Å²) in [4.78, 5) is 18.6. The molecule has 0 aromatic carbocycles. The molecule has 2 atom stereocenters. The summed E-state index contributed by atoms with van der Waals surface area (Å²) >= 11 is 0. The van der Waals surface area contributed by atoms with Crippen LogP contribution in [-0.2, 0) is 10.2 Å². The van der Waals surface area contributed by atoms with Gasteiger partial charge in [-0.25, -0.2) is 4.79 Å². The van der Waals surface area contributed by atoms with Crippen molar-refractivity contribution in [2.24, 2.45) is 0 Å².